The van der Waals surface area contributed by atoms with Crippen molar-refractivity contribution in [1.29, 1.82) is 0 Å². The maximum absolute atomic E-state index is 12.9. The maximum Gasteiger partial charge on any atom is 0.304 e. The molecule has 0 aromatic rings. The van der Waals surface area contributed by atoms with Crippen LogP contribution in [-0.4, -0.2) is 40.1 Å². The van der Waals surface area contributed by atoms with Gasteiger partial charge in [-0.3, -0.25) is 9.59 Å². The highest BCUT2D eigenvalue weighted by molar-refractivity contribution is 5.93. The summed E-state index contributed by atoms with van der Waals surface area (Å²) in [6.45, 7) is 6.87. The molecule has 0 amide bonds. The molecule has 0 radical (unpaired) electrons. The van der Waals surface area contributed by atoms with Crippen molar-refractivity contribution in [2.45, 2.75) is 58.7 Å². The van der Waals surface area contributed by atoms with Crippen LogP contribution in [0.3, 0.4) is 0 Å². The Hall–Kier alpha value is -0.980. The van der Waals surface area contributed by atoms with Gasteiger partial charge in [0.05, 0.1) is 11.8 Å². The van der Waals surface area contributed by atoms with Gasteiger partial charge in [-0.1, -0.05) is 27.7 Å². The van der Waals surface area contributed by atoms with Crippen LogP contribution in [0.25, 0.3) is 0 Å². The third-order valence-electron chi connectivity index (χ3n) is 5.63. The molecule has 6 nitrogen and oxygen atoms in total. The summed E-state index contributed by atoms with van der Waals surface area (Å²) in [6.07, 6.45) is -1.79. The van der Waals surface area contributed by atoms with E-state index in [1.54, 1.807) is 27.7 Å². The second kappa shape index (κ2) is 3.43. The van der Waals surface area contributed by atoms with Gasteiger partial charge in [-0.05, 0) is 0 Å². The summed E-state index contributed by atoms with van der Waals surface area (Å²) in [5.74, 6) is -2.57. The molecule has 0 aromatic heterocycles. The molecular formula is C14H20O6. The lowest BCUT2D eigenvalue weighted by Gasteiger charge is -2.57. The van der Waals surface area contributed by atoms with Crippen molar-refractivity contribution in [1.82, 2.24) is 0 Å². The zero-order valence-electron chi connectivity index (χ0n) is 12.1. The van der Waals surface area contributed by atoms with Crippen molar-refractivity contribution < 1.29 is 29.3 Å². The second-order valence-corrected chi connectivity index (χ2v) is 7.36. The van der Waals surface area contributed by atoms with Gasteiger partial charge in [0, 0.05) is 17.3 Å². The van der Waals surface area contributed by atoms with Crippen LogP contribution in [0.4, 0.5) is 0 Å². The van der Waals surface area contributed by atoms with Gasteiger partial charge in [0.2, 0.25) is 0 Å². The number of ether oxygens (including phenoxy) is 2. The summed E-state index contributed by atoms with van der Waals surface area (Å²) in [5.41, 5.74) is -2.89. The number of hydrogen-bond donors (Lipinski definition) is 2. The molecule has 2 N–H and O–H groups in total. The van der Waals surface area contributed by atoms with E-state index in [-0.39, 0.29) is 18.6 Å². The number of carboxylic acids is 1. The van der Waals surface area contributed by atoms with Crippen LogP contribution in [0, 0.1) is 16.2 Å². The first kappa shape index (κ1) is 14.0. The summed E-state index contributed by atoms with van der Waals surface area (Å²) in [7, 11) is 0. The normalized spacial score (nSPS) is 52.4. The molecule has 6 heteroatoms. The highest BCUT2D eigenvalue weighted by Crippen LogP contribution is 2.67. The molecule has 2 aliphatic heterocycles. The number of aliphatic hydroxyl groups is 1. The predicted molar refractivity (Wildman–Crippen MR) is 66.6 cm³/mol. The molecular weight excluding hydrogens is 264 g/mol. The zero-order valence-corrected chi connectivity index (χ0v) is 12.1. The quantitative estimate of drug-likeness (QED) is 0.783. The molecule has 112 valence electrons. The van der Waals surface area contributed by atoms with Crippen LogP contribution in [0.1, 0.15) is 40.5 Å². The molecule has 3 rings (SSSR count). The van der Waals surface area contributed by atoms with Crippen molar-refractivity contribution in [2.75, 3.05) is 0 Å². The SMILES string of the molecule is CC1(C)C(=O)C2(C)CC3(O)OC(OC31)C2(C)CC(=O)O. The molecule has 2 heterocycles. The fraction of sp³-hybridized carbons (Fsp3) is 0.857. The number of carbonyl (C=O) groups is 2. The largest absolute Gasteiger partial charge is 0.481 e. The lowest BCUT2D eigenvalue weighted by atomic mass is 9.49. The topological polar surface area (TPSA) is 93.1 Å². The highest BCUT2D eigenvalue weighted by Gasteiger charge is 2.78. The highest BCUT2D eigenvalue weighted by atomic mass is 16.8. The Bertz CT molecular complexity index is 514. The third-order valence-corrected chi connectivity index (χ3v) is 5.63. The summed E-state index contributed by atoms with van der Waals surface area (Å²) >= 11 is 0. The van der Waals surface area contributed by atoms with E-state index in [1.807, 2.05) is 0 Å². The van der Waals surface area contributed by atoms with E-state index in [0.29, 0.717) is 0 Å². The Kier molecular flexibility index (Phi) is 2.40. The molecule has 0 spiro atoms. The van der Waals surface area contributed by atoms with Gasteiger partial charge in [0.1, 0.15) is 11.9 Å². The van der Waals surface area contributed by atoms with Crippen molar-refractivity contribution >= 4 is 11.8 Å². The molecule has 2 saturated heterocycles. The standard InChI is InChI=1S/C14H20O6/c1-11(2)8(17)13(4)6-14(18)9(11)19-10(20-14)12(13,3)5-7(15)16/h9-10,18H,5-6H2,1-4H3,(H,15,16). The van der Waals surface area contributed by atoms with Crippen LogP contribution < -0.4 is 0 Å². The number of hydrogen-bond acceptors (Lipinski definition) is 5. The van der Waals surface area contributed by atoms with E-state index in [0.717, 1.165) is 0 Å². The van der Waals surface area contributed by atoms with Gasteiger partial charge in [0.15, 0.2) is 12.1 Å². The first-order chi connectivity index (χ1) is 8.97. The van der Waals surface area contributed by atoms with E-state index < -0.39 is 40.4 Å². The first-order valence-electron chi connectivity index (χ1n) is 6.80. The van der Waals surface area contributed by atoms with Gasteiger partial charge in [-0.2, -0.15) is 0 Å². The molecule has 5 atom stereocenters. The van der Waals surface area contributed by atoms with Crippen LogP contribution in [-0.2, 0) is 19.1 Å². The minimum atomic E-state index is -1.51. The number of carboxylic acid groups (broad SMARTS) is 1. The Morgan fingerprint density at radius 3 is 2.50 bits per heavy atom. The fourth-order valence-electron chi connectivity index (χ4n) is 4.38. The van der Waals surface area contributed by atoms with Gasteiger partial charge in [0.25, 0.3) is 0 Å². The fourth-order valence-corrected chi connectivity index (χ4v) is 4.38. The average Bonchev–Trinajstić information content (AvgIpc) is 2.59. The second-order valence-electron chi connectivity index (χ2n) is 7.36. The Morgan fingerprint density at radius 2 is 1.95 bits per heavy atom. The minimum Gasteiger partial charge on any atom is -0.481 e. The van der Waals surface area contributed by atoms with Gasteiger partial charge in [-0.15, -0.1) is 0 Å². The van der Waals surface area contributed by atoms with Crippen LogP contribution in [0.5, 0.6) is 0 Å². The van der Waals surface area contributed by atoms with E-state index in [4.69, 9.17) is 9.47 Å². The smallest absolute Gasteiger partial charge is 0.304 e. The summed E-state index contributed by atoms with van der Waals surface area (Å²) < 4.78 is 11.4. The van der Waals surface area contributed by atoms with Crippen molar-refractivity contribution in [3.05, 3.63) is 0 Å². The lowest BCUT2D eigenvalue weighted by Crippen LogP contribution is -2.68. The Morgan fingerprint density at radius 1 is 1.35 bits per heavy atom. The number of Topliss-reactive ketones (excluding diaryl/α,β-unsaturated/α-hetero) is 1. The first-order valence-corrected chi connectivity index (χ1v) is 6.80. The molecule has 5 unspecified atom stereocenters. The Labute approximate surface area is 117 Å². The van der Waals surface area contributed by atoms with Gasteiger partial charge < -0.3 is 19.7 Å². The molecule has 1 aliphatic carbocycles. The average molecular weight is 284 g/mol. The number of aliphatic carboxylic acids is 1. The molecule has 0 aromatic carbocycles. The van der Waals surface area contributed by atoms with Crippen LogP contribution in [0.15, 0.2) is 0 Å². The van der Waals surface area contributed by atoms with Crippen LogP contribution >= 0.6 is 0 Å². The minimum absolute atomic E-state index is 0.0609. The van der Waals surface area contributed by atoms with Crippen LogP contribution in [0.2, 0.25) is 0 Å². The number of rotatable bonds is 2. The number of fused-ring (bicyclic) bond motifs is 2. The zero-order chi connectivity index (χ0) is 15.1. The van der Waals surface area contributed by atoms with Crippen molar-refractivity contribution in [3.63, 3.8) is 0 Å². The van der Waals surface area contributed by atoms with E-state index in [1.165, 1.54) is 0 Å². The summed E-state index contributed by atoms with van der Waals surface area (Å²) in [4.78, 5) is 24.1. The Balaban J connectivity index is 2.19. The van der Waals surface area contributed by atoms with Gasteiger partial charge in [-0.25, -0.2) is 0 Å². The van der Waals surface area contributed by atoms with Gasteiger partial charge >= 0.3 is 5.97 Å². The monoisotopic (exact) mass is 284 g/mol. The van der Waals surface area contributed by atoms with Crippen molar-refractivity contribution in [2.24, 2.45) is 16.2 Å². The predicted octanol–water partition coefficient (Wildman–Crippen LogP) is 0.916. The van der Waals surface area contributed by atoms with E-state index >= 15 is 0 Å². The van der Waals surface area contributed by atoms with E-state index in [9.17, 15) is 19.8 Å². The maximum atomic E-state index is 12.9. The molecule has 3 aliphatic rings. The van der Waals surface area contributed by atoms with E-state index in [2.05, 4.69) is 0 Å². The van der Waals surface area contributed by atoms with Crippen molar-refractivity contribution in [3.8, 4) is 0 Å². The summed E-state index contributed by atoms with van der Waals surface area (Å²) in [6, 6.07) is 0. The molecule has 3 fully saturated rings. The lowest BCUT2D eigenvalue weighted by molar-refractivity contribution is -0.307. The number of ketones is 1. The summed E-state index contributed by atoms with van der Waals surface area (Å²) in [5, 5.41) is 19.8. The number of carbonyl (C=O) groups excluding carboxylic acids is 1. The molecule has 3 bridgehead atoms. The third kappa shape index (κ3) is 1.30. The molecule has 1 saturated carbocycles. The molecule has 20 heavy (non-hydrogen) atoms.